The second-order valence-corrected chi connectivity index (χ2v) is 4.36. The predicted molar refractivity (Wildman–Crippen MR) is 79.6 cm³/mol. The molecule has 0 aromatic heterocycles. The van der Waals surface area contributed by atoms with Crippen LogP contribution in [0.25, 0.3) is 0 Å². The lowest BCUT2D eigenvalue weighted by molar-refractivity contribution is -0.0125. The van der Waals surface area contributed by atoms with E-state index in [1.807, 2.05) is 6.07 Å². The van der Waals surface area contributed by atoms with E-state index in [9.17, 15) is 4.79 Å². The van der Waals surface area contributed by atoms with Gasteiger partial charge in [-0.15, -0.1) is 0 Å². The molecule has 2 aromatic carbocycles. The van der Waals surface area contributed by atoms with Crippen LogP contribution in [0.3, 0.4) is 0 Å². The SMILES string of the molecule is COCOC(=O)c1ccccc1.Cc1ccc(C)cc1. The number of carbonyl (C=O) groups is 1. The van der Waals surface area contributed by atoms with E-state index in [2.05, 4.69) is 42.8 Å². The Bertz CT molecular complexity index is 483. The van der Waals surface area contributed by atoms with Crippen LogP contribution in [0.2, 0.25) is 0 Å². The van der Waals surface area contributed by atoms with Gasteiger partial charge in [-0.1, -0.05) is 53.6 Å². The number of hydrogen-bond donors (Lipinski definition) is 0. The molecule has 2 rings (SSSR count). The van der Waals surface area contributed by atoms with Crippen molar-refractivity contribution in [1.29, 1.82) is 0 Å². The van der Waals surface area contributed by atoms with E-state index in [-0.39, 0.29) is 12.8 Å². The molecule has 0 N–H and O–H groups in total. The van der Waals surface area contributed by atoms with Crippen LogP contribution in [0.15, 0.2) is 54.6 Å². The molecule has 3 heteroatoms. The Hall–Kier alpha value is -2.13. The molecule has 0 fully saturated rings. The first-order valence-corrected chi connectivity index (χ1v) is 6.38. The molecule has 0 bridgehead atoms. The molecular weight excluding hydrogens is 252 g/mol. The summed E-state index contributed by atoms with van der Waals surface area (Å²) in [5.41, 5.74) is 3.20. The van der Waals surface area contributed by atoms with Crippen LogP contribution in [-0.2, 0) is 9.47 Å². The maximum Gasteiger partial charge on any atom is 0.340 e. The van der Waals surface area contributed by atoms with E-state index in [0.29, 0.717) is 5.56 Å². The third-order valence-corrected chi connectivity index (χ3v) is 2.54. The van der Waals surface area contributed by atoms with Crippen LogP contribution < -0.4 is 0 Å². The summed E-state index contributed by atoms with van der Waals surface area (Å²) in [6, 6.07) is 17.3. The summed E-state index contributed by atoms with van der Waals surface area (Å²) in [5.74, 6) is -0.363. The van der Waals surface area contributed by atoms with Crippen molar-refractivity contribution in [2.24, 2.45) is 0 Å². The summed E-state index contributed by atoms with van der Waals surface area (Å²) in [6.07, 6.45) is 0. The van der Waals surface area contributed by atoms with E-state index < -0.39 is 0 Å². The Morgan fingerprint density at radius 3 is 1.85 bits per heavy atom. The normalized spacial score (nSPS) is 9.35. The molecule has 0 saturated heterocycles. The predicted octanol–water partition coefficient (Wildman–Crippen LogP) is 3.75. The molecule has 3 nitrogen and oxygen atoms in total. The van der Waals surface area contributed by atoms with Crippen molar-refractivity contribution in [3.05, 3.63) is 71.3 Å². The smallest absolute Gasteiger partial charge is 0.340 e. The first-order valence-electron chi connectivity index (χ1n) is 6.38. The molecule has 2 aromatic rings. The fraction of sp³-hybridized carbons (Fsp3) is 0.235. The number of rotatable bonds is 3. The third kappa shape index (κ3) is 6.16. The Balaban J connectivity index is 0.000000217. The Kier molecular flexibility index (Phi) is 7.07. The van der Waals surface area contributed by atoms with Crippen molar-refractivity contribution in [2.75, 3.05) is 13.9 Å². The first-order chi connectivity index (χ1) is 9.63. The highest BCUT2D eigenvalue weighted by Gasteiger charge is 2.03. The lowest BCUT2D eigenvalue weighted by Gasteiger charge is -2.01. The fourth-order valence-corrected chi connectivity index (χ4v) is 1.41. The van der Waals surface area contributed by atoms with E-state index in [0.717, 1.165) is 0 Å². The van der Waals surface area contributed by atoms with E-state index in [1.165, 1.54) is 18.2 Å². The minimum atomic E-state index is -0.363. The van der Waals surface area contributed by atoms with Crippen LogP contribution >= 0.6 is 0 Å². The lowest BCUT2D eigenvalue weighted by Crippen LogP contribution is -2.06. The largest absolute Gasteiger partial charge is 0.435 e. The summed E-state index contributed by atoms with van der Waals surface area (Å²) in [7, 11) is 1.47. The Morgan fingerprint density at radius 1 is 0.900 bits per heavy atom. The van der Waals surface area contributed by atoms with Gasteiger partial charge < -0.3 is 9.47 Å². The molecule has 0 spiro atoms. The second-order valence-electron chi connectivity index (χ2n) is 4.36. The van der Waals surface area contributed by atoms with Gasteiger partial charge >= 0.3 is 5.97 Å². The van der Waals surface area contributed by atoms with Gasteiger partial charge in [-0.3, -0.25) is 0 Å². The number of methoxy groups -OCH3 is 1. The van der Waals surface area contributed by atoms with E-state index in [1.54, 1.807) is 24.3 Å². The van der Waals surface area contributed by atoms with Gasteiger partial charge in [0, 0.05) is 7.11 Å². The highest BCUT2D eigenvalue weighted by molar-refractivity contribution is 5.89. The standard InChI is InChI=1S/C9H10O3.C8H10/c1-11-7-12-9(10)8-5-3-2-4-6-8;1-7-3-5-8(2)6-4-7/h2-6H,7H2,1H3;3-6H,1-2H3. The maximum absolute atomic E-state index is 11.1. The minimum Gasteiger partial charge on any atom is -0.435 e. The summed E-state index contributed by atoms with van der Waals surface area (Å²) >= 11 is 0. The van der Waals surface area contributed by atoms with E-state index in [4.69, 9.17) is 4.74 Å². The van der Waals surface area contributed by atoms with Crippen LogP contribution in [0.4, 0.5) is 0 Å². The van der Waals surface area contributed by atoms with Crippen molar-refractivity contribution in [3.63, 3.8) is 0 Å². The third-order valence-electron chi connectivity index (χ3n) is 2.54. The van der Waals surface area contributed by atoms with Crippen molar-refractivity contribution in [2.45, 2.75) is 13.8 Å². The number of benzene rings is 2. The lowest BCUT2D eigenvalue weighted by atomic mass is 10.2. The summed E-state index contributed by atoms with van der Waals surface area (Å²) in [5, 5.41) is 0. The highest BCUT2D eigenvalue weighted by Crippen LogP contribution is 2.00. The molecular formula is C17H20O3. The zero-order valence-corrected chi connectivity index (χ0v) is 12.1. The molecule has 0 atom stereocenters. The summed E-state index contributed by atoms with van der Waals surface area (Å²) < 4.78 is 9.31. The molecule has 0 saturated carbocycles. The molecule has 20 heavy (non-hydrogen) atoms. The molecule has 0 aliphatic heterocycles. The van der Waals surface area contributed by atoms with Crippen LogP contribution in [-0.4, -0.2) is 19.9 Å². The molecule has 0 unspecified atom stereocenters. The summed E-state index contributed by atoms with van der Waals surface area (Å²) in [6.45, 7) is 4.19. The number of aryl methyl sites for hydroxylation is 2. The number of ether oxygens (including phenoxy) is 2. The van der Waals surface area contributed by atoms with Crippen LogP contribution in [0, 0.1) is 13.8 Å². The first kappa shape index (κ1) is 15.9. The van der Waals surface area contributed by atoms with Crippen LogP contribution in [0.1, 0.15) is 21.5 Å². The maximum atomic E-state index is 11.1. The zero-order valence-electron chi connectivity index (χ0n) is 12.1. The topological polar surface area (TPSA) is 35.5 Å². The molecule has 0 aliphatic rings. The Labute approximate surface area is 120 Å². The quantitative estimate of drug-likeness (QED) is 0.630. The van der Waals surface area contributed by atoms with Crippen molar-refractivity contribution >= 4 is 5.97 Å². The van der Waals surface area contributed by atoms with Gasteiger partial charge in [0.15, 0.2) is 6.79 Å². The van der Waals surface area contributed by atoms with Gasteiger partial charge in [-0.25, -0.2) is 4.79 Å². The average Bonchev–Trinajstić information content (AvgIpc) is 2.49. The van der Waals surface area contributed by atoms with Crippen molar-refractivity contribution in [3.8, 4) is 0 Å². The molecule has 106 valence electrons. The average molecular weight is 272 g/mol. The van der Waals surface area contributed by atoms with Gasteiger partial charge in [0.1, 0.15) is 0 Å². The van der Waals surface area contributed by atoms with Gasteiger partial charge in [-0.2, -0.15) is 0 Å². The fourth-order valence-electron chi connectivity index (χ4n) is 1.41. The van der Waals surface area contributed by atoms with E-state index >= 15 is 0 Å². The van der Waals surface area contributed by atoms with Gasteiger partial charge in [-0.05, 0) is 26.0 Å². The molecule has 0 radical (unpaired) electrons. The zero-order chi connectivity index (χ0) is 14.8. The van der Waals surface area contributed by atoms with Gasteiger partial charge in [0.2, 0.25) is 0 Å². The van der Waals surface area contributed by atoms with Gasteiger partial charge in [0.05, 0.1) is 5.56 Å². The Morgan fingerprint density at radius 2 is 1.40 bits per heavy atom. The van der Waals surface area contributed by atoms with Crippen molar-refractivity contribution in [1.82, 2.24) is 0 Å². The highest BCUT2D eigenvalue weighted by atomic mass is 16.7. The molecule has 0 heterocycles. The second kappa shape index (κ2) is 8.88. The van der Waals surface area contributed by atoms with Crippen molar-refractivity contribution < 1.29 is 14.3 Å². The van der Waals surface area contributed by atoms with Crippen LogP contribution in [0.5, 0.6) is 0 Å². The minimum absolute atomic E-state index is 0.00622. The monoisotopic (exact) mass is 272 g/mol. The number of hydrogen-bond acceptors (Lipinski definition) is 3. The van der Waals surface area contributed by atoms with Gasteiger partial charge in [0.25, 0.3) is 0 Å². The summed E-state index contributed by atoms with van der Waals surface area (Å²) in [4.78, 5) is 11.1. The number of carbonyl (C=O) groups excluding carboxylic acids is 1. The molecule has 0 aliphatic carbocycles. The molecule has 0 amide bonds. The number of esters is 1.